The zero-order valence-electron chi connectivity index (χ0n) is 29.8. The Balaban J connectivity index is 1.42. The number of ether oxygens (including phenoxy) is 1. The summed E-state index contributed by atoms with van der Waals surface area (Å²) < 4.78 is 5.19. The molecule has 0 fully saturated rings. The number of amidine groups is 2. The van der Waals surface area contributed by atoms with E-state index < -0.39 is 23.9 Å². The average molecular weight is 697 g/mol. The molecule has 0 spiro atoms. The molecule has 3 atom stereocenters. The van der Waals surface area contributed by atoms with Crippen molar-refractivity contribution in [2.24, 2.45) is 10.9 Å². The molecule has 7 N–H and O–H groups in total. The van der Waals surface area contributed by atoms with Crippen LogP contribution in [-0.4, -0.2) is 65.6 Å². The number of carbonyl (C=O) groups excluding carboxylic acids is 4. The SMILES string of the molecule is CC[C@H](C)NC(=O)c1cc(N)cc(C2CN=C(N[C@@H](C)C(C)C)C(=O)N2CC(=O)NCc2ccc(C(=N)NC(=O)OCc3ccccc3)cc2)c1. The molecule has 1 aliphatic rings. The second-order valence-electron chi connectivity index (χ2n) is 13.0. The Morgan fingerprint density at radius 3 is 2.35 bits per heavy atom. The molecule has 3 aromatic carbocycles. The van der Waals surface area contributed by atoms with Crippen molar-refractivity contribution in [2.45, 2.75) is 72.3 Å². The predicted octanol–water partition coefficient (Wildman–Crippen LogP) is 4.28. The van der Waals surface area contributed by atoms with Gasteiger partial charge in [-0.1, -0.05) is 75.4 Å². The Bertz CT molecular complexity index is 1740. The maximum Gasteiger partial charge on any atom is 0.413 e. The molecule has 51 heavy (non-hydrogen) atoms. The predicted molar refractivity (Wildman–Crippen MR) is 197 cm³/mol. The van der Waals surface area contributed by atoms with E-state index in [-0.39, 0.29) is 61.8 Å². The van der Waals surface area contributed by atoms with E-state index in [4.69, 9.17) is 15.9 Å². The van der Waals surface area contributed by atoms with Gasteiger partial charge in [-0.2, -0.15) is 0 Å². The van der Waals surface area contributed by atoms with Crippen LogP contribution in [0.3, 0.4) is 0 Å². The number of hydrogen-bond acceptors (Lipinski definition) is 9. The average Bonchev–Trinajstić information content (AvgIpc) is 3.11. The molecule has 270 valence electrons. The first-order valence-corrected chi connectivity index (χ1v) is 17.1. The van der Waals surface area contributed by atoms with Crippen molar-refractivity contribution in [1.82, 2.24) is 26.2 Å². The second-order valence-corrected chi connectivity index (χ2v) is 13.0. The van der Waals surface area contributed by atoms with Gasteiger partial charge in [0.2, 0.25) is 5.91 Å². The van der Waals surface area contributed by atoms with Gasteiger partial charge in [0.1, 0.15) is 19.0 Å². The first kappa shape index (κ1) is 38.1. The molecule has 13 heteroatoms. The zero-order chi connectivity index (χ0) is 37.1. The van der Waals surface area contributed by atoms with Gasteiger partial charge in [0, 0.05) is 35.4 Å². The minimum absolute atomic E-state index is 0.0333. The van der Waals surface area contributed by atoms with Gasteiger partial charge in [-0.05, 0) is 61.1 Å². The number of nitrogen functional groups attached to an aromatic ring is 1. The van der Waals surface area contributed by atoms with E-state index in [9.17, 15) is 19.2 Å². The third-order valence-corrected chi connectivity index (χ3v) is 8.73. The highest BCUT2D eigenvalue weighted by atomic mass is 16.5. The monoisotopic (exact) mass is 696 g/mol. The summed E-state index contributed by atoms with van der Waals surface area (Å²) >= 11 is 0. The van der Waals surface area contributed by atoms with E-state index >= 15 is 0 Å². The molecule has 0 saturated carbocycles. The highest BCUT2D eigenvalue weighted by Crippen LogP contribution is 2.28. The van der Waals surface area contributed by atoms with E-state index in [1.54, 1.807) is 42.5 Å². The topological polar surface area (TPSA) is 191 Å². The number of anilines is 1. The third kappa shape index (κ3) is 10.9. The number of nitrogens with one attached hydrogen (secondary N) is 5. The van der Waals surface area contributed by atoms with Crippen molar-refractivity contribution in [3.63, 3.8) is 0 Å². The lowest BCUT2D eigenvalue weighted by atomic mass is 9.99. The van der Waals surface area contributed by atoms with Gasteiger partial charge in [0.05, 0.1) is 12.6 Å². The number of carbonyl (C=O) groups is 4. The van der Waals surface area contributed by atoms with Crippen LogP contribution in [0.5, 0.6) is 0 Å². The van der Waals surface area contributed by atoms with Crippen LogP contribution < -0.4 is 27.0 Å². The number of rotatable bonds is 13. The summed E-state index contributed by atoms with van der Waals surface area (Å²) in [5, 5.41) is 19.7. The van der Waals surface area contributed by atoms with E-state index in [2.05, 4.69) is 26.3 Å². The molecule has 3 aromatic rings. The van der Waals surface area contributed by atoms with Gasteiger partial charge in [-0.15, -0.1) is 0 Å². The number of nitrogens with two attached hydrogens (primary N) is 1. The minimum Gasteiger partial charge on any atom is -0.444 e. The lowest BCUT2D eigenvalue weighted by Gasteiger charge is -2.36. The van der Waals surface area contributed by atoms with Crippen molar-refractivity contribution in [1.29, 1.82) is 5.41 Å². The highest BCUT2D eigenvalue weighted by Gasteiger charge is 2.35. The van der Waals surface area contributed by atoms with Crippen LogP contribution in [-0.2, 0) is 27.5 Å². The van der Waals surface area contributed by atoms with E-state index in [0.717, 1.165) is 17.5 Å². The van der Waals surface area contributed by atoms with E-state index in [1.807, 2.05) is 65.0 Å². The number of hydrogen-bond donors (Lipinski definition) is 6. The molecule has 4 rings (SSSR count). The number of amides is 4. The lowest BCUT2D eigenvalue weighted by Crippen LogP contribution is -2.54. The Morgan fingerprint density at radius 2 is 1.69 bits per heavy atom. The van der Waals surface area contributed by atoms with Crippen molar-refractivity contribution in [3.05, 3.63) is 101 Å². The summed E-state index contributed by atoms with van der Waals surface area (Å²) in [6, 6.07) is 20.3. The van der Waals surface area contributed by atoms with Crippen molar-refractivity contribution >= 4 is 41.2 Å². The summed E-state index contributed by atoms with van der Waals surface area (Å²) in [6.07, 6.45) is 0.0219. The summed E-state index contributed by atoms with van der Waals surface area (Å²) in [5.41, 5.74) is 9.57. The fraction of sp³-hybridized carbons (Fsp3) is 0.368. The molecule has 4 amide bonds. The largest absolute Gasteiger partial charge is 0.444 e. The summed E-state index contributed by atoms with van der Waals surface area (Å²) in [4.78, 5) is 58.4. The summed E-state index contributed by atoms with van der Waals surface area (Å²) in [6.45, 7) is 10.1. The van der Waals surface area contributed by atoms with Crippen LogP contribution in [0, 0.1) is 11.3 Å². The molecule has 0 aliphatic carbocycles. The fourth-order valence-corrected chi connectivity index (χ4v) is 5.12. The Labute approximate surface area is 298 Å². The fourth-order valence-electron chi connectivity index (χ4n) is 5.12. The van der Waals surface area contributed by atoms with Gasteiger partial charge in [-0.25, -0.2) is 4.79 Å². The van der Waals surface area contributed by atoms with Crippen LogP contribution >= 0.6 is 0 Å². The molecule has 0 aromatic heterocycles. The van der Waals surface area contributed by atoms with Gasteiger partial charge < -0.3 is 31.3 Å². The molecule has 1 unspecified atom stereocenters. The van der Waals surface area contributed by atoms with Gasteiger partial charge >= 0.3 is 6.09 Å². The lowest BCUT2D eigenvalue weighted by molar-refractivity contribution is -0.134. The van der Waals surface area contributed by atoms with Crippen molar-refractivity contribution in [3.8, 4) is 0 Å². The van der Waals surface area contributed by atoms with E-state index in [1.165, 1.54) is 4.90 Å². The standard InChI is InChI=1S/C38H48N8O5/c1-6-24(4)43-36(48)30-16-29(17-31(39)18-30)32-20-42-35(44-25(5)23(2)3)37(49)46(32)21-33(47)41-19-26-12-14-28(15-13-26)34(40)45-38(50)51-22-27-10-8-7-9-11-27/h7-18,23-25,32H,6,19-22,39H2,1-5H3,(H,41,47)(H,42,44)(H,43,48)(H2,40,45,50)/t24-,25-,32?/m0/s1. The normalized spacial score (nSPS) is 15.3. The van der Waals surface area contributed by atoms with Crippen molar-refractivity contribution in [2.75, 3.05) is 18.8 Å². The molecular weight excluding hydrogens is 648 g/mol. The van der Waals surface area contributed by atoms with Crippen LogP contribution in [0.2, 0.25) is 0 Å². The van der Waals surface area contributed by atoms with Crippen LogP contribution in [0.25, 0.3) is 0 Å². The summed E-state index contributed by atoms with van der Waals surface area (Å²) in [5.74, 6) is -0.826. The molecule has 1 heterocycles. The van der Waals surface area contributed by atoms with Crippen molar-refractivity contribution < 1.29 is 23.9 Å². The van der Waals surface area contributed by atoms with E-state index in [0.29, 0.717) is 22.4 Å². The molecule has 0 radical (unpaired) electrons. The van der Waals surface area contributed by atoms with Crippen LogP contribution in [0.15, 0.2) is 77.8 Å². The number of aliphatic imine (C=N–C) groups is 1. The molecule has 1 aliphatic heterocycles. The maximum atomic E-state index is 13.8. The van der Waals surface area contributed by atoms with Gasteiger partial charge in [-0.3, -0.25) is 30.1 Å². The molecular formula is C38H48N8O5. The Kier molecular flexibility index (Phi) is 13.3. The first-order chi connectivity index (χ1) is 24.3. The minimum atomic E-state index is -0.739. The van der Waals surface area contributed by atoms with Gasteiger partial charge in [0.15, 0.2) is 5.84 Å². The van der Waals surface area contributed by atoms with Crippen LogP contribution in [0.4, 0.5) is 10.5 Å². The maximum absolute atomic E-state index is 13.8. The second kappa shape index (κ2) is 17.8. The number of nitrogens with zero attached hydrogens (tertiary/aromatic N) is 2. The Morgan fingerprint density at radius 1 is 0.980 bits per heavy atom. The molecule has 13 nitrogen and oxygen atoms in total. The number of alkyl carbamates (subject to hydrolysis) is 1. The zero-order valence-corrected chi connectivity index (χ0v) is 29.8. The van der Waals surface area contributed by atoms with Gasteiger partial charge in [0.25, 0.3) is 11.8 Å². The van der Waals surface area contributed by atoms with Crippen LogP contribution in [0.1, 0.15) is 79.7 Å². The Hall–Kier alpha value is -5.72. The number of benzene rings is 3. The highest BCUT2D eigenvalue weighted by molar-refractivity contribution is 6.38. The molecule has 0 saturated heterocycles. The smallest absolute Gasteiger partial charge is 0.413 e. The third-order valence-electron chi connectivity index (χ3n) is 8.73. The summed E-state index contributed by atoms with van der Waals surface area (Å²) in [7, 11) is 0. The molecule has 0 bridgehead atoms. The first-order valence-electron chi connectivity index (χ1n) is 17.1. The quantitative estimate of drug-likeness (QED) is 0.0873.